The number of hydrogen-bond acceptors (Lipinski definition) is 4. The molecule has 0 unspecified atom stereocenters. The topological polar surface area (TPSA) is 59.0 Å². The molecule has 0 aromatic carbocycles. The number of aliphatic hydroxyl groups excluding tert-OH is 1. The van der Waals surface area contributed by atoms with Crippen molar-refractivity contribution in [1.82, 2.24) is 4.90 Å². The lowest BCUT2D eigenvalue weighted by atomic mass is 10.2. The van der Waals surface area contributed by atoms with Gasteiger partial charge in [-0.3, -0.25) is 4.90 Å². The summed E-state index contributed by atoms with van der Waals surface area (Å²) >= 11 is 0. The molecule has 0 aromatic rings. The van der Waals surface area contributed by atoms with Crippen molar-refractivity contribution < 1.29 is 19.4 Å². The van der Waals surface area contributed by atoms with Gasteiger partial charge in [0, 0.05) is 12.5 Å². The van der Waals surface area contributed by atoms with Gasteiger partial charge in [-0.25, -0.2) is 4.79 Å². The van der Waals surface area contributed by atoms with Crippen LogP contribution in [0.2, 0.25) is 0 Å². The average Bonchev–Trinajstić information content (AvgIpc) is 2.87. The van der Waals surface area contributed by atoms with Crippen LogP contribution in [0.1, 0.15) is 20.8 Å². The minimum atomic E-state index is -0.478. The fourth-order valence-corrected chi connectivity index (χ4v) is 2.14. The first kappa shape index (κ1) is 11.7. The summed E-state index contributed by atoms with van der Waals surface area (Å²) in [6.45, 7) is 6.68. The molecule has 1 aliphatic heterocycles. The number of rotatable bonds is 1. The Morgan fingerprint density at radius 3 is 2.81 bits per heavy atom. The summed E-state index contributed by atoms with van der Waals surface area (Å²) in [5, 5.41) is 9.11. The number of carbonyl (C=O) groups is 1. The van der Waals surface area contributed by atoms with E-state index in [0.29, 0.717) is 13.2 Å². The molecule has 1 heterocycles. The lowest BCUT2D eigenvalue weighted by Gasteiger charge is -2.29. The minimum Gasteiger partial charge on any atom is -0.444 e. The molecule has 2 aliphatic rings. The number of morpholine rings is 1. The van der Waals surface area contributed by atoms with E-state index in [1.807, 2.05) is 20.8 Å². The summed E-state index contributed by atoms with van der Waals surface area (Å²) in [6, 6.07) is 0.00796. The Morgan fingerprint density at radius 2 is 2.25 bits per heavy atom. The van der Waals surface area contributed by atoms with Crippen molar-refractivity contribution in [1.29, 1.82) is 0 Å². The zero-order valence-corrected chi connectivity index (χ0v) is 9.97. The molecule has 1 N–H and O–H groups in total. The first-order chi connectivity index (χ1) is 7.44. The Hall–Kier alpha value is -0.810. The second kappa shape index (κ2) is 3.89. The number of carbonyl (C=O) groups excluding carboxylic acids is 1. The van der Waals surface area contributed by atoms with Gasteiger partial charge in [-0.2, -0.15) is 0 Å². The highest BCUT2D eigenvalue weighted by Gasteiger charge is 2.58. The van der Waals surface area contributed by atoms with Crippen molar-refractivity contribution in [2.75, 3.05) is 19.8 Å². The zero-order chi connectivity index (χ0) is 11.9. The Bertz CT molecular complexity index is 282. The molecular formula is C11H19NO4. The largest absolute Gasteiger partial charge is 0.444 e. The molecular weight excluding hydrogens is 210 g/mol. The fraction of sp³-hybridized carbons (Fsp3) is 0.909. The Balaban J connectivity index is 1.97. The van der Waals surface area contributed by atoms with Crippen LogP contribution in [0.3, 0.4) is 0 Å². The van der Waals surface area contributed by atoms with E-state index >= 15 is 0 Å². The number of amides is 1. The van der Waals surface area contributed by atoms with Gasteiger partial charge in [0.1, 0.15) is 5.60 Å². The molecule has 1 amide bonds. The quantitative estimate of drug-likeness (QED) is 0.716. The molecule has 16 heavy (non-hydrogen) atoms. The summed E-state index contributed by atoms with van der Waals surface area (Å²) < 4.78 is 10.8. The van der Waals surface area contributed by atoms with Gasteiger partial charge in [-0.05, 0) is 20.8 Å². The number of fused-ring (bicyclic) bond motifs is 1. The van der Waals surface area contributed by atoms with Crippen molar-refractivity contribution in [2.24, 2.45) is 5.92 Å². The van der Waals surface area contributed by atoms with Gasteiger partial charge >= 0.3 is 6.09 Å². The van der Waals surface area contributed by atoms with Crippen LogP contribution < -0.4 is 0 Å². The molecule has 1 saturated carbocycles. The van der Waals surface area contributed by atoms with Crippen molar-refractivity contribution in [3.63, 3.8) is 0 Å². The normalized spacial score (nSPS) is 33.2. The number of hydrogen-bond donors (Lipinski definition) is 1. The van der Waals surface area contributed by atoms with E-state index in [2.05, 4.69) is 0 Å². The van der Waals surface area contributed by atoms with E-state index in [1.165, 1.54) is 0 Å². The second-order valence-corrected chi connectivity index (χ2v) is 5.35. The highest BCUT2D eigenvalue weighted by Crippen LogP contribution is 2.41. The van der Waals surface area contributed by atoms with Gasteiger partial charge in [0.05, 0.1) is 25.4 Å². The smallest absolute Gasteiger partial charge is 0.410 e. The monoisotopic (exact) mass is 229 g/mol. The van der Waals surface area contributed by atoms with Crippen molar-refractivity contribution in [3.8, 4) is 0 Å². The van der Waals surface area contributed by atoms with Crippen LogP contribution in [-0.4, -0.2) is 53.6 Å². The minimum absolute atomic E-state index is 0.00580. The number of ether oxygens (including phenoxy) is 2. The van der Waals surface area contributed by atoms with Crippen molar-refractivity contribution in [2.45, 2.75) is 38.5 Å². The third-order valence-electron chi connectivity index (χ3n) is 2.90. The van der Waals surface area contributed by atoms with Gasteiger partial charge in [0.15, 0.2) is 0 Å². The molecule has 1 saturated heterocycles. The molecule has 1 aliphatic carbocycles. The maximum absolute atomic E-state index is 11.9. The second-order valence-electron chi connectivity index (χ2n) is 5.35. The predicted molar refractivity (Wildman–Crippen MR) is 57.0 cm³/mol. The maximum Gasteiger partial charge on any atom is 0.410 e. The highest BCUT2D eigenvalue weighted by molar-refractivity contribution is 5.69. The first-order valence-electron chi connectivity index (χ1n) is 5.66. The van der Waals surface area contributed by atoms with E-state index in [0.717, 1.165) is 0 Å². The molecule has 2 rings (SSSR count). The standard InChI is InChI=1S/C11H19NO4/c1-11(2,3)16-10(14)12-4-5-15-9-7(6-13)8(9)12/h7-9,13H,4-6H2,1-3H3/t7-,8-,9+/m1/s1. The summed E-state index contributed by atoms with van der Waals surface area (Å²) in [4.78, 5) is 13.6. The predicted octanol–water partition coefficient (Wildman–Crippen LogP) is 0.613. The summed E-state index contributed by atoms with van der Waals surface area (Å²) in [5.74, 6) is 0.0648. The molecule has 2 fully saturated rings. The van der Waals surface area contributed by atoms with E-state index in [9.17, 15) is 4.79 Å². The van der Waals surface area contributed by atoms with E-state index in [-0.39, 0.29) is 30.8 Å². The van der Waals surface area contributed by atoms with Gasteiger partial charge in [0.25, 0.3) is 0 Å². The molecule has 92 valence electrons. The van der Waals surface area contributed by atoms with Gasteiger partial charge < -0.3 is 14.6 Å². The van der Waals surface area contributed by atoms with Crippen LogP contribution >= 0.6 is 0 Å². The maximum atomic E-state index is 11.9. The Labute approximate surface area is 95.3 Å². The van der Waals surface area contributed by atoms with E-state index in [1.54, 1.807) is 4.90 Å². The average molecular weight is 229 g/mol. The molecule has 5 heteroatoms. The lowest BCUT2D eigenvalue weighted by molar-refractivity contribution is -0.00892. The van der Waals surface area contributed by atoms with Gasteiger partial charge in [-0.1, -0.05) is 0 Å². The molecule has 5 nitrogen and oxygen atoms in total. The van der Waals surface area contributed by atoms with Gasteiger partial charge in [-0.15, -0.1) is 0 Å². The zero-order valence-electron chi connectivity index (χ0n) is 9.97. The van der Waals surface area contributed by atoms with E-state index < -0.39 is 5.60 Å². The van der Waals surface area contributed by atoms with Crippen LogP contribution in [0.15, 0.2) is 0 Å². The Morgan fingerprint density at radius 1 is 1.56 bits per heavy atom. The number of aliphatic hydroxyl groups is 1. The van der Waals surface area contributed by atoms with Crippen LogP contribution in [0.4, 0.5) is 4.79 Å². The fourth-order valence-electron chi connectivity index (χ4n) is 2.14. The SMILES string of the molecule is CC(C)(C)OC(=O)N1CCO[C@H]2[C@H](CO)[C@H]21. The Kier molecular flexibility index (Phi) is 2.84. The summed E-state index contributed by atoms with van der Waals surface area (Å²) in [7, 11) is 0. The van der Waals surface area contributed by atoms with Gasteiger partial charge in [0.2, 0.25) is 0 Å². The van der Waals surface area contributed by atoms with Crippen molar-refractivity contribution in [3.05, 3.63) is 0 Å². The molecule has 0 aromatic heterocycles. The first-order valence-corrected chi connectivity index (χ1v) is 5.66. The summed E-state index contributed by atoms with van der Waals surface area (Å²) in [6.07, 6.45) is -0.298. The van der Waals surface area contributed by atoms with Crippen LogP contribution in [0.5, 0.6) is 0 Å². The molecule has 0 radical (unpaired) electrons. The van der Waals surface area contributed by atoms with Crippen LogP contribution in [0.25, 0.3) is 0 Å². The molecule has 3 atom stereocenters. The third-order valence-corrected chi connectivity index (χ3v) is 2.90. The molecule has 0 bridgehead atoms. The van der Waals surface area contributed by atoms with Crippen LogP contribution in [-0.2, 0) is 9.47 Å². The highest BCUT2D eigenvalue weighted by atomic mass is 16.6. The number of nitrogens with zero attached hydrogens (tertiary/aromatic N) is 1. The van der Waals surface area contributed by atoms with Crippen molar-refractivity contribution >= 4 is 6.09 Å². The molecule has 0 spiro atoms. The third kappa shape index (κ3) is 2.15. The van der Waals surface area contributed by atoms with Crippen LogP contribution in [0, 0.1) is 5.92 Å². The van der Waals surface area contributed by atoms with E-state index in [4.69, 9.17) is 14.6 Å². The summed E-state index contributed by atoms with van der Waals surface area (Å²) in [5.41, 5.74) is -0.478. The lowest BCUT2D eigenvalue weighted by Crippen LogP contribution is -2.44.